The number of carbonyl (C=O) groups is 1. The van der Waals surface area contributed by atoms with Gasteiger partial charge >= 0.3 is 5.69 Å². The number of carbonyl (C=O) groups excluding carboxylic acids is 1. The zero-order chi connectivity index (χ0) is 26.0. The molecular weight excluding hydrogens is 458 g/mol. The number of nitrogens with zero attached hydrogens (tertiary/aromatic N) is 6. The maximum Gasteiger partial charge on any atom is 0.339 e. The van der Waals surface area contributed by atoms with Gasteiger partial charge in [0, 0.05) is 31.4 Å². The Morgan fingerprint density at radius 1 is 1.06 bits per heavy atom. The average Bonchev–Trinajstić information content (AvgIpc) is 3.16. The first-order chi connectivity index (χ1) is 17.2. The molecule has 4 aromatic rings. The summed E-state index contributed by atoms with van der Waals surface area (Å²) in [4.78, 5) is 38.2. The summed E-state index contributed by atoms with van der Waals surface area (Å²) >= 11 is 0. The number of fused-ring (bicyclic) bond motifs is 1. The molecule has 0 aliphatic rings. The molecule has 0 spiro atoms. The molecule has 10 nitrogen and oxygen atoms in total. The van der Waals surface area contributed by atoms with Gasteiger partial charge in [0.15, 0.2) is 11.5 Å². The molecule has 0 fully saturated rings. The Balaban J connectivity index is 1.78. The zero-order valence-electron chi connectivity index (χ0n) is 21.0. The largest absolute Gasteiger partial charge is 0.496 e. The predicted octanol–water partition coefficient (Wildman–Crippen LogP) is 2.55. The Kier molecular flexibility index (Phi) is 6.89. The highest BCUT2D eigenvalue weighted by Gasteiger charge is 2.21. The molecule has 2 aromatic carbocycles. The summed E-state index contributed by atoms with van der Waals surface area (Å²) in [5, 5.41) is 0. The van der Waals surface area contributed by atoms with E-state index >= 15 is 0 Å². The first kappa shape index (κ1) is 24.7. The lowest BCUT2D eigenvalue weighted by molar-refractivity contribution is -0.113. The topological polar surface area (TPSA) is 112 Å². The highest BCUT2D eigenvalue weighted by molar-refractivity contribution is 6.01. The molecular formula is C26H29N7O3. The van der Waals surface area contributed by atoms with Crippen LogP contribution >= 0.6 is 0 Å². The fraction of sp³-hybridized carbons (Fsp3) is 0.231. The van der Waals surface area contributed by atoms with Crippen molar-refractivity contribution in [1.29, 1.82) is 0 Å². The van der Waals surface area contributed by atoms with E-state index in [-0.39, 0.29) is 17.4 Å². The molecule has 36 heavy (non-hydrogen) atoms. The summed E-state index contributed by atoms with van der Waals surface area (Å²) in [6, 6.07) is 12.6. The average molecular weight is 488 g/mol. The molecule has 0 saturated carbocycles. The third-order valence-electron chi connectivity index (χ3n) is 5.86. The van der Waals surface area contributed by atoms with Gasteiger partial charge in [0.1, 0.15) is 17.6 Å². The monoisotopic (exact) mass is 487 g/mol. The minimum Gasteiger partial charge on any atom is -0.496 e. The number of benzene rings is 2. The Labute approximate surface area is 208 Å². The van der Waals surface area contributed by atoms with Crippen LogP contribution < -0.4 is 21.1 Å². The minimum atomic E-state index is -0.355. The fourth-order valence-corrected chi connectivity index (χ4v) is 3.90. The van der Waals surface area contributed by atoms with Crippen LogP contribution in [0.1, 0.15) is 5.56 Å². The number of ether oxygens (including phenoxy) is 1. The summed E-state index contributed by atoms with van der Waals surface area (Å²) in [6.45, 7) is 2.59. The smallest absolute Gasteiger partial charge is 0.339 e. The summed E-state index contributed by atoms with van der Waals surface area (Å²) in [7, 11) is 7.15. The maximum absolute atomic E-state index is 13.7. The quantitative estimate of drug-likeness (QED) is 0.399. The van der Waals surface area contributed by atoms with Gasteiger partial charge in [-0.1, -0.05) is 12.1 Å². The molecule has 2 N–H and O–H groups in total. The molecule has 1 amide bonds. The second-order valence-corrected chi connectivity index (χ2v) is 8.62. The van der Waals surface area contributed by atoms with E-state index in [1.165, 1.54) is 15.5 Å². The number of hydrogen-bond donors (Lipinski definition) is 1. The zero-order valence-corrected chi connectivity index (χ0v) is 21.0. The number of methoxy groups -OCH3 is 1. The lowest BCUT2D eigenvalue weighted by Crippen LogP contribution is -2.25. The van der Waals surface area contributed by atoms with Crippen molar-refractivity contribution in [2.75, 3.05) is 45.4 Å². The number of imidazole rings is 1. The highest BCUT2D eigenvalue weighted by atomic mass is 16.5. The molecule has 0 unspecified atom stereocenters. The summed E-state index contributed by atoms with van der Waals surface area (Å²) in [6.07, 6.45) is 4.68. The molecule has 0 atom stereocenters. The number of nitrogens with two attached hydrogens (primary N) is 1. The van der Waals surface area contributed by atoms with Gasteiger partial charge in [0.2, 0.25) is 5.91 Å². The standard InChI is InChI=1S/C26H29N7O3/c1-17-8-9-20(15-21(17)36-5)32-23-24(27)28-16-29-25(23)33(26(32)35)19-12-10-18(11-13-19)31(4)22(34)7-6-14-30(2)3/h6-13,15-16H,14H2,1-5H3,(H2,27,28,29). The van der Waals surface area contributed by atoms with Gasteiger partial charge < -0.3 is 20.3 Å². The van der Waals surface area contributed by atoms with Crippen LogP contribution in [-0.2, 0) is 4.79 Å². The Morgan fingerprint density at radius 2 is 1.75 bits per heavy atom. The molecule has 0 aliphatic heterocycles. The summed E-state index contributed by atoms with van der Waals surface area (Å²) in [5.41, 5.74) is 9.40. The Morgan fingerprint density at radius 3 is 2.42 bits per heavy atom. The summed E-state index contributed by atoms with van der Waals surface area (Å²) in [5.74, 6) is 0.682. The van der Waals surface area contributed by atoms with E-state index in [0.29, 0.717) is 40.5 Å². The third-order valence-corrected chi connectivity index (χ3v) is 5.86. The molecule has 186 valence electrons. The number of aryl methyl sites for hydroxylation is 1. The van der Waals surface area contributed by atoms with E-state index in [0.717, 1.165) is 5.56 Å². The maximum atomic E-state index is 13.7. The van der Waals surface area contributed by atoms with E-state index in [9.17, 15) is 9.59 Å². The van der Waals surface area contributed by atoms with Crippen LogP contribution in [0.2, 0.25) is 0 Å². The SMILES string of the molecule is COc1cc(-n2c(=O)n(-c3ccc(N(C)C(=O)C=CCN(C)C)cc3)c3ncnc(N)c32)ccc1C. The lowest BCUT2D eigenvalue weighted by atomic mass is 10.2. The first-order valence-corrected chi connectivity index (χ1v) is 11.3. The number of rotatable bonds is 7. The van der Waals surface area contributed by atoms with Crippen molar-refractivity contribution in [3.8, 4) is 17.1 Å². The third kappa shape index (κ3) is 4.58. The number of amides is 1. The van der Waals surface area contributed by atoms with Crippen LogP contribution in [0.3, 0.4) is 0 Å². The second-order valence-electron chi connectivity index (χ2n) is 8.62. The van der Waals surface area contributed by atoms with Crippen LogP contribution in [0.15, 0.2) is 65.7 Å². The van der Waals surface area contributed by atoms with Crippen molar-refractivity contribution in [3.63, 3.8) is 0 Å². The van der Waals surface area contributed by atoms with Gasteiger partial charge in [-0.05, 0) is 56.9 Å². The van der Waals surface area contributed by atoms with Crippen molar-refractivity contribution >= 4 is 28.6 Å². The van der Waals surface area contributed by atoms with Crippen molar-refractivity contribution in [3.05, 3.63) is 77.0 Å². The van der Waals surface area contributed by atoms with E-state index < -0.39 is 0 Å². The highest BCUT2D eigenvalue weighted by Crippen LogP contribution is 2.27. The van der Waals surface area contributed by atoms with Crippen LogP contribution in [0.5, 0.6) is 5.75 Å². The second kappa shape index (κ2) is 10.0. The fourth-order valence-electron chi connectivity index (χ4n) is 3.90. The van der Waals surface area contributed by atoms with Crippen LogP contribution in [-0.4, -0.2) is 64.7 Å². The van der Waals surface area contributed by atoms with Gasteiger partial charge in [-0.25, -0.2) is 19.3 Å². The lowest BCUT2D eigenvalue weighted by Gasteiger charge is -2.16. The minimum absolute atomic E-state index is 0.146. The number of aromatic nitrogens is 4. The van der Waals surface area contributed by atoms with Crippen LogP contribution in [0, 0.1) is 6.92 Å². The van der Waals surface area contributed by atoms with E-state index in [2.05, 4.69) is 9.97 Å². The van der Waals surface area contributed by atoms with Crippen molar-refractivity contribution in [1.82, 2.24) is 24.0 Å². The molecule has 2 aromatic heterocycles. The van der Waals surface area contributed by atoms with Gasteiger partial charge in [-0.15, -0.1) is 0 Å². The normalized spacial score (nSPS) is 11.5. The van der Waals surface area contributed by atoms with Gasteiger partial charge in [0.05, 0.1) is 18.5 Å². The number of hydrogen-bond acceptors (Lipinski definition) is 7. The van der Waals surface area contributed by atoms with Crippen molar-refractivity contribution in [2.45, 2.75) is 6.92 Å². The van der Waals surface area contributed by atoms with Gasteiger partial charge in [-0.3, -0.25) is 9.36 Å². The molecule has 0 bridgehead atoms. The number of likely N-dealkylation sites (N-methyl/N-ethyl adjacent to an activating group) is 2. The number of nitrogen functional groups attached to an aromatic ring is 1. The summed E-state index contributed by atoms with van der Waals surface area (Å²) < 4.78 is 8.40. The van der Waals surface area contributed by atoms with Crippen molar-refractivity contribution in [2.24, 2.45) is 0 Å². The van der Waals surface area contributed by atoms with Crippen LogP contribution in [0.25, 0.3) is 22.5 Å². The molecule has 2 heterocycles. The Hall–Kier alpha value is -4.44. The molecule has 10 heteroatoms. The van der Waals surface area contributed by atoms with Gasteiger partial charge in [-0.2, -0.15) is 0 Å². The van der Waals surface area contributed by atoms with E-state index in [1.54, 1.807) is 55.5 Å². The van der Waals surface area contributed by atoms with Gasteiger partial charge in [0.25, 0.3) is 0 Å². The molecule has 0 saturated heterocycles. The van der Waals surface area contributed by atoms with Crippen molar-refractivity contribution < 1.29 is 9.53 Å². The first-order valence-electron chi connectivity index (χ1n) is 11.3. The van der Waals surface area contributed by atoms with Crippen LogP contribution in [0.4, 0.5) is 11.5 Å². The molecule has 4 rings (SSSR count). The van der Waals surface area contributed by atoms with E-state index in [4.69, 9.17) is 10.5 Å². The molecule has 0 aliphatic carbocycles. The molecule has 0 radical (unpaired) electrons. The Bertz CT molecular complexity index is 1500. The van der Waals surface area contributed by atoms with E-state index in [1.807, 2.05) is 44.1 Å². The number of anilines is 2. The predicted molar refractivity (Wildman–Crippen MR) is 141 cm³/mol.